The Labute approximate surface area is 122 Å². The average Bonchev–Trinajstić information content (AvgIpc) is 2.31. The number of allylic oxidation sites excluding steroid dienone is 2. The third kappa shape index (κ3) is 7.40. The Kier molecular flexibility index (Phi) is 7.68. The van der Waals surface area contributed by atoms with Crippen molar-refractivity contribution in [1.29, 1.82) is 0 Å². The zero-order valence-electron chi connectivity index (χ0n) is 12.9. The topological polar surface area (TPSA) is 112 Å². The molecule has 0 unspecified atom stereocenters. The summed E-state index contributed by atoms with van der Waals surface area (Å²) in [5, 5.41) is 0. The van der Waals surface area contributed by atoms with E-state index >= 15 is 0 Å². The summed E-state index contributed by atoms with van der Waals surface area (Å²) in [6.07, 6.45) is 8.90. The van der Waals surface area contributed by atoms with Gasteiger partial charge < -0.3 is 17.2 Å². The van der Waals surface area contributed by atoms with Crippen LogP contribution in [0.1, 0.15) is 59.3 Å². The lowest BCUT2D eigenvalue weighted by atomic mass is 9.92. The third-order valence-corrected chi connectivity index (χ3v) is 3.67. The number of nitrogens with two attached hydrogens (primary N) is 3. The second-order valence-corrected chi connectivity index (χ2v) is 6.01. The smallest absolute Gasteiger partial charge is 0.237 e. The van der Waals surface area contributed by atoms with Crippen LogP contribution in [-0.4, -0.2) is 22.8 Å². The van der Waals surface area contributed by atoms with E-state index in [1.807, 2.05) is 0 Å². The number of carbonyl (C=O) groups is 2. The first-order valence-electron chi connectivity index (χ1n) is 7.13. The first-order valence-corrected chi connectivity index (χ1v) is 7.13. The molecule has 0 spiro atoms. The summed E-state index contributed by atoms with van der Waals surface area (Å²) in [6, 6.07) is 0. The lowest BCUT2D eigenvalue weighted by molar-refractivity contribution is -0.123. The van der Waals surface area contributed by atoms with Crippen molar-refractivity contribution in [2.24, 2.45) is 17.2 Å². The van der Waals surface area contributed by atoms with Crippen LogP contribution in [0.2, 0.25) is 0 Å². The molecule has 0 aromatic rings. The highest BCUT2D eigenvalue weighted by molar-refractivity contribution is 5.85. The number of rotatable bonds is 10. The van der Waals surface area contributed by atoms with Crippen LogP contribution in [0.5, 0.6) is 0 Å². The molecule has 1 amide bonds. The molecule has 0 rings (SSSR count). The molecule has 0 aromatic heterocycles. The van der Waals surface area contributed by atoms with Gasteiger partial charge in [-0.25, -0.2) is 0 Å². The Balaban J connectivity index is 3.75. The standard InChI is InChI=1S/C15H29N3O2/c1-12(19)14(2,17)10-8-6-4-5-7-9-11-15(3,18)13(16)20/h4-5H,6-11,17-18H2,1-3H3,(H2,16,20)/b5-4+/t14-,15-/m0/s1. The van der Waals surface area contributed by atoms with E-state index in [2.05, 4.69) is 12.2 Å². The van der Waals surface area contributed by atoms with Gasteiger partial charge in [0.1, 0.15) is 5.78 Å². The Morgan fingerprint density at radius 3 is 1.70 bits per heavy atom. The van der Waals surface area contributed by atoms with E-state index in [4.69, 9.17) is 17.2 Å². The van der Waals surface area contributed by atoms with Gasteiger partial charge >= 0.3 is 0 Å². The van der Waals surface area contributed by atoms with Crippen LogP contribution in [0.15, 0.2) is 12.2 Å². The van der Waals surface area contributed by atoms with Crippen molar-refractivity contribution in [2.45, 2.75) is 70.4 Å². The number of hydrogen-bond donors (Lipinski definition) is 3. The number of primary amides is 1. The minimum absolute atomic E-state index is 0.0233. The van der Waals surface area contributed by atoms with E-state index in [-0.39, 0.29) is 5.78 Å². The Hall–Kier alpha value is -1.20. The minimum Gasteiger partial charge on any atom is -0.368 e. The molecule has 0 radical (unpaired) electrons. The summed E-state index contributed by atoms with van der Waals surface area (Å²) in [5.74, 6) is -0.442. The second-order valence-electron chi connectivity index (χ2n) is 6.01. The molecule has 0 saturated heterocycles. The van der Waals surface area contributed by atoms with Crippen molar-refractivity contribution in [3.05, 3.63) is 12.2 Å². The van der Waals surface area contributed by atoms with Crippen molar-refractivity contribution < 1.29 is 9.59 Å². The van der Waals surface area contributed by atoms with Crippen LogP contribution in [-0.2, 0) is 9.59 Å². The Morgan fingerprint density at radius 2 is 1.35 bits per heavy atom. The SMILES string of the molecule is CC(=O)[C@@](C)(N)CCC/C=C/CCC[C@](C)(N)C(N)=O. The lowest BCUT2D eigenvalue weighted by Crippen LogP contribution is -2.49. The minimum atomic E-state index is -0.920. The van der Waals surface area contributed by atoms with Crippen molar-refractivity contribution in [3.63, 3.8) is 0 Å². The van der Waals surface area contributed by atoms with Gasteiger partial charge in [0.25, 0.3) is 0 Å². The third-order valence-electron chi connectivity index (χ3n) is 3.67. The maximum atomic E-state index is 11.2. The Morgan fingerprint density at radius 1 is 0.950 bits per heavy atom. The quantitative estimate of drug-likeness (QED) is 0.415. The summed E-state index contributed by atoms with van der Waals surface area (Å²) in [4.78, 5) is 22.2. The summed E-state index contributed by atoms with van der Waals surface area (Å²) in [5.41, 5.74) is 15.2. The molecule has 5 heteroatoms. The maximum Gasteiger partial charge on any atom is 0.237 e. The Bertz CT molecular complexity index is 326. The van der Waals surface area contributed by atoms with Gasteiger partial charge in [-0.15, -0.1) is 0 Å². The van der Waals surface area contributed by atoms with Crippen LogP contribution < -0.4 is 17.2 Å². The number of ketones is 1. The molecule has 0 bridgehead atoms. The summed E-state index contributed by atoms with van der Waals surface area (Å²) < 4.78 is 0. The van der Waals surface area contributed by atoms with E-state index in [1.54, 1.807) is 13.8 Å². The summed E-state index contributed by atoms with van der Waals surface area (Å²) in [7, 11) is 0. The van der Waals surface area contributed by atoms with Gasteiger partial charge in [-0.3, -0.25) is 9.59 Å². The fraction of sp³-hybridized carbons (Fsp3) is 0.733. The van der Waals surface area contributed by atoms with Gasteiger partial charge in [0.15, 0.2) is 0 Å². The molecular weight excluding hydrogens is 254 g/mol. The van der Waals surface area contributed by atoms with Crippen molar-refractivity contribution in [1.82, 2.24) is 0 Å². The molecule has 116 valence electrons. The highest BCUT2D eigenvalue weighted by Gasteiger charge is 2.24. The van der Waals surface area contributed by atoms with Gasteiger partial charge in [0.2, 0.25) is 5.91 Å². The molecule has 2 atom stereocenters. The number of amides is 1. The molecule has 0 saturated carbocycles. The average molecular weight is 283 g/mol. The van der Waals surface area contributed by atoms with E-state index < -0.39 is 17.0 Å². The highest BCUT2D eigenvalue weighted by Crippen LogP contribution is 2.13. The van der Waals surface area contributed by atoms with E-state index in [0.29, 0.717) is 12.8 Å². The van der Waals surface area contributed by atoms with E-state index in [0.717, 1.165) is 25.7 Å². The van der Waals surface area contributed by atoms with E-state index in [9.17, 15) is 9.59 Å². The van der Waals surface area contributed by atoms with Crippen molar-refractivity contribution >= 4 is 11.7 Å². The van der Waals surface area contributed by atoms with Crippen LogP contribution in [0.25, 0.3) is 0 Å². The molecule has 6 N–H and O–H groups in total. The van der Waals surface area contributed by atoms with Gasteiger partial charge in [0, 0.05) is 0 Å². The van der Waals surface area contributed by atoms with Gasteiger partial charge in [-0.2, -0.15) is 0 Å². The van der Waals surface area contributed by atoms with Crippen molar-refractivity contribution in [3.8, 4) is 0 Å². The van der Waals surface area contributed by atoms with Crippen LogP contribution >= 0.6 is 0 Å². The fourth-order valence-corrected chi connectivity index (χ4v) is 1.71. The molecule has 0 aliphatic carbocycles. The molecular formula is C15H29N3O2. The molecule has 0 aromatic carbocycles. The fourth-order valence-electron chi connectivity index (χ4n) is 1.71. The molecule has 20 heavy (non-hydrogen) atoms. The molecule has 0 heterocycles. The first-order chi connectivity index (χ1) is 9.09. The zero-order valence-corrected chi connectivity index (χ0v) is 12.9. The van der Waals surface area contributed by atoms with Crippen molar-refractivity contribution in [2.75, 3.05) is 0 Å². The second kappa shape index (κ2) is 8.17. The first kappa shape index (κ1) is 18.8. The molecule has 5 nitrogen and oxygen atoms in total. The zero-order chi connectivity index (χ0) is 15.8. The molecule has 0 aliphatic rings. The molecule has 0 fully saturated rings. The number of carbonyl (C=O) groups excluding carboxylic acids is 2. The van der Waals surface area contributed by atoms with Gasteiger partial charge in [0.05, 0.1) is 11.1 Å². The van der Waals surface area contributed by atoms with Gasteiger partial charge in [-0.1, -0.05) is 12.2 Å². The highest BCUT2D eigenvalue weighted by atomic mass is 16.1. The van der Waals surface area contributed by atoms with E-state index in [1.165, 1.54) is 6.92 Å². The van der Waals surface area contributed by atoms with Crippen LogP contribution in [0, 0.1) is 0 Å². The number of hydrogen-bond acceptors (Lipinski definition) is 4. The summed E-state index contributed by atoms with van der Waals surface area (Å²) in [6.45, 7) is 4.95. The number of unbranched alkanes of at least 4 members (excludes halogenated alkanes) is 2. The predicted octanol–water partition coefficient (Wildman–Crippen LogP) is 1.39. The number of Topliss-reactive ketones (excluding diaryl/α,β-unsaturated/α-hetero) is 1. The molecule has 0 aliphatic heterocycles. The predicted molar refractivity (Wildman–Crippen MR) is 81.9 cm³/mol. The van der Waals surface area contributed by atoms with Crippen LogP contribution in [0.3, 0.4) is 0 Å². The van der Waals surface area contributed by atoms with Crippen LogP contribution in [0.4, 0.5) is 0 Å². The lowest BCUT2D eigenvalue weighted by Gasteiger charge is -2.20. The largest absolute Gasteiger partial charge is 0.368 e. The van der Waals surface area contributed by atoms with Gasteiger partial charge in [-0.05, 0) is 59.3 Å². The normalized spacial score (nSPS) is 17.6. The maximum absolute atomic E-state index is 11.2. The summed E-state index contributed by atoms with van der Waals surface area (Å²) >= 11 is 0. The monoisotopic (exact) mass is 283 g/mol.